The molecule has 1 fully saturated rings. The number of pyridine rings is 1. The molecule has 0 radical (unpaired) electrons. The van der Waals surface area contributed by atoms with Crippen LogP contribution in [0.1, 0.15) is 5.69 Å². The average molecular weight is 339 g/mol. The first-order valence-corrected chi connectivity index (χ1v) is 8.46. The second kappa shape index (κ2) is 7.16. The highest BCUT2D eigenvalue weighted by Gasteiger charge is 2.17. The number of nitrogens with zero attached hydrogens (tertiary/aromatic N) is 5. The molecule has 0 unspecified atom stereocenters. The van der Waals surface area contributed by atoms with Crippen molar-refractivity contribution in [2.75, 3.05) is 44.9 Å². The smallest absolute Gasteiger partial charge is 0.177 e. The molecule has 0 amide bonds. The highest BCUT2D eigenvalue weighted by atomic mass is 16.5. The molecule has 1 saturated heterocycles. The third-order valence-corrected chi connectivity index (χ3v) is 4.42. The largest absolute Gasteiger partial charge is 0.384 e. The predicted molar refractivity (Wildman–Crippen MR) is 94.8 cm³/mol. The van der Waals surface area contributed by atoms with Gasteiger partial charge >= 0.3 is 0 Å². The van der Waals surface area contributed by atoms with E-state index in [1.165, 1.54) is 0 Å². The van der Waals surface area contributed by atoms with Gasteiger partial charge in [0.2, 0.25) is 0 Å². The van der Waals surface area contributed by atoms with Crippen LogP contribution in [0.25, 0.3) is 16.9 Å². The lowest BCUT2D eigenvalue weighted by Crippen LogP contribution is -2.36. The Kier molecular flexibility index (Phi) is 4.58. The number of hydrogen-bond acceptors (Lipinski definition) is 6. The van der Waals surface area contributed by atoms with E-state index in [0.29, 0.717) is 6.61 Å². The molecule has 4 heterocycles. The lowest BCUT2D eigenvalue weighted by atomic mass is 10.2. The van der Waals surface area contributed by atoms with Crippen LogP contribution in [0.15, 0.2) is 36.8 Å². The first kappa shape index (κ1) is 16.0. The van der Waals surface area contributed by atoms with E-state index in [-0.39, 0.29) is 0 Å². The van der Waals surface area contributed by atoms with Gasteiger partial charge in [-0.15, -0.1) is 0 Å². The van der Waals surface area contributed by atoms with Gasteiger partial charge in [0.05, 0.1) is 43.6 Å². The monoisotopic (exact) mass is 339 g/mol. The van der Waals surface area contributed by atoms with Crippen LogP contribution in [0, 0.1) is 0 Å². The van der Waals surface area contributed by atoms with Crippen molar-refractivity contribution < 1.29 is 9.47 Å². The summed E-state index contributed by atoms with van der Waals surface area (Å²) in [5.74, 6) is 0. The number of hydrogen-bond donors (Lipinski definition) is 0. The van der Waals surface area contributed by atoms with Gasteiger partial charge in [-0.05, 0) is 18.2 Å². The van der Waals surface area contributed by atoms with E-state index in [9.17, 15) is 0 Å². The van der Waals surface area contributed by atoms with E-state index < -0.39 is 0 Å². The molecule has 7 heteroatoms. The average Bonchev–Trinajstić information content (AvgIpc) is 3.11. The lowest BCUT2D eigenvalue weighted by molar-refractivity contribution is 0.123. The van der Waals surface area contributed by atoms with Crippen molar-refractivity contribution in [2.24, 2.45) is 0 Å². The van der Waals surface area contributed by atoms with Crippen LogP contribution in [0.3, 0.4) is 0 Å². The Balaban J connectivity index is 1.66. The second-order valence-corrected chi connectivity index (χ2v) is 5.98. The fourth-order valence-electron chi connectivity index (χ4n) is 3.06. The lowest BCUT2D eigenvalue weighted by Gasteiger charge is -2.28. The van der Waals surface area contributed by atoms with Crippen molar-refractivity contribution in [2.45, 2.75) is 6.42 Å². The molecular weight excluding hydrogens is 318 g/mol. The summed E-state index contributed by atoms with van der Waals surface area (Å²) >= 11 is 0. The highest BCUT2D eigenvalue weighted by Crippen LogP contribution is 2.26. The third kappa shape index (κ3) is 3.20. The molecule has 1 aliphatic rings. The summed E-state index contributed by atoms with van der Waals surface area (Å²) in [5.41, 5.74) is 4.91. The van der Waals surface area contributed by atoms with E-state index in [1.807, 2.05) is 35.2 Å². The molecule has 3 aromatic heterocycles. The van der Waals surface area contributed by atoms with Gasteiger partial charge in [-0.1, -0.05) is 0 Å². The van der Waals surface area contributed by atoms with Crippen molar-refractivity contribution in [3.63, 3.8) is 0 Å². The topological polar surface area (TPSA) is 64.8 Å². The molecule has 0 spiro atoms. The Bertz CT molecular complexity index is 840. The number of anilines is 1. The zero-order valence-electron chi connectivity index (χ0n) is 14.3. The number of fused-ring (bicyclic) bond motifs is 1. The second-order valence-electron chi connectivity index (χ2n) is 5.98. The molecule has 0 aliphatic carbocycles. The quantitative estimate of drug-likeness (QED) is 0.706. The van der Waals surface area contributed by atoms with Crippen molar-refractivity contribution in [1.82, 2.24) is 19.6 Å². The van der Waals surface area contributed by atoms with Crippen LogP contribution in [-0.4, -0.2) is 59.6 Å². The Hall–Kier alpha value is -2.51. The Labute approximate surface area is 146 Å². The summed E-state index contributed by atoms with van der Waals surface area (Å²) < 4.78 is 12.4. The molecule has 0 N–H and O–H groups in total. The van der Waals surface area contributed by atoms with Crippen LogP contribution in [0.5, 0.6) is 0 Å². The summed E-state index contributed by atoms with van der Waals surface area (Å²) in [4.78, 5) is 11.4. The van der Waals surface area contributed by atoms with Gasteiger partial charge in [-0.25, -0.2) is 9.50 Å². The van der Waals surface area contributed by atoms with E-state index in [4.69, 9.17) is 9.47 Å². The minimum absolute atomic E-state index is 0.673. The van der Waals surface area contributed by atoms with Gasteiger partial charge in [0.1, 0.15) is 0 Å². The predicted octanol–water partition coefficient (Wildman–Crippen LogP) is 1.82. The first-order valence-electron chi connectivity index (χ1n) is 8.46. The van der Waals surface area contributed by atoms with Gasteiger partial charge < -0.3 is 14.4 Å². The zero-order chi connectivity index (χ0) is 17.1. The molecule has 0 atom stereocenters. The Morgan fingerprint density at radius 3 is 2.76 bits per heavy atom. The minimum Gasteiger partial charge on any atom is -0.384 e. The van der Waals surface area contributed by atoms with Gasteiger partial charge in [0, 0.05) is 44.1 Å². The summed E-state index contributed by atoms with van der Waals surface area (Å²) in [6.45, 7) is 3.91. The molecule has 7 nitrogen and oxygen atoms in total. The highest BCUT2D eigenvalue weighted by molar-refractivity contribution is 5.73. The molecule has 0 bridgehead atoms. The van der Waals surface area contributed by atoms with E-state index in [0.717, 1.165) is 61.0 Å². The molecule has 130 valence electrons. The number of ether oxygens (including phenoxy) is 2. The first-order chi connectivity index (χ1) is 12.4. The maximum Gasteiger partial charge on any atom is 0.177 e. The van der Waals surface area contributed by atoms with Crippen molar-refractivity contribution in [3.8, 4) is 11.3 Å². The molecular formula is C18H21N5O2. The minimum atomic E-state index is 0.673. The number of aromatic nitrogens is 4. The molecule has 25 heavy (non-hydrogen) atoms. The molecule has 4 rings (SSSR count). The fraction of sp³-hybridized carbons (Fsp3) is 0.389. The van der Waals surface area contributed by atoms with E-state index in [1.54, 1.807) is 7.11 Å². The molecule has 0 saturated carbocycles. The maximum atomic E-state index is 5.45. The summed E-state index contributed by atoms with van der Waals surface area (Å²) in [6, 6.07) is 6.10. The number of rotatable bonds is 5. The number of morpholine rings is 1. The van der Waals surface area contributed by atoms with Gasteiger partial charge in [0.15, 0.2) is 5.65 Å². The van der Waals surface area contributed by atoms with Crippen LogP contribution >= 0.6 is 0 Å². The zero-order valence-corrected chi connectivity index (χ0v) is 14.3. The van der Waals surface area contributed by atoms with Crippen LogP contribution in [0.2, 0.25) is 0 Å². The molecule has 1 aliphatic heterocycles. The van der Waals surface area contributed by atoms with Crippen molar-refractivity contribution in [1.29, 1.82) is 0 Å². The van der Waals surface area contributed by atoms with Crippen LogP contribution < -0.4 is 4.90 Å². The Morgan fingerprint density at radius 2 is 2.00 bits per heavy atom. The molecule has 3 aromatic rings. The standard InChI is InChI=1S/C18H21N5O2/c1-24-9-5-15-3-2-14(12-19-15)17-13-20-18-16(4-6-21-23(17)18)22-7-10-25-11-8-22/h2-4,6,12-13H,5,7-11H2,1H3. The number of imidazole rings is 1. The summed E-state index contributed by atoms with van der Waals surface area (Å²) in [7, 11) is 1.70. The summed E-state index contributed by atoms with van der Waals surface area (Å²) in [5, 5.41) is 4.49. The van der Waals surface area contributed by atoms with Gasteiger partial charge in [0.25, 0.3) is 0 Å². The Morgan fingerprint density at radius 1 is 1.12 bits per heavy atom. The van der Waals surface area contributed by atoms with Gasteiger partial charge in [-0.2, -0.15) is 5.10 Å². The normalized spacial score (nSPS) is 15.0. The third-order valence-electron chi connectivity index (χ3n) is 4.42. The SMILES string of the molecule is COCCc1ccc(-c2cnc3c(N4CCOCC4)ccnn23)cn1. The van der Waals surface area contributed by atoms with E-state index in [2.05, 4.69) is 26.0 Å². The fourth-order valence-corrected chi connectivity index (χ4v) is 3.06. The van der Waals surface area contributed by atoms with Crippen molar-refractivity contribution >= 4 is 11.3 Å². The van der Waals surface area contributed by atoms with Gasteiger partial charge in [-0.3, -0.25) is 4.98 Å². The van der Waals surface area contributed by atoms with Crippen LogP contribution in [0.4, 0.5) is 5.69 Å². The molecule has 0 aromatic carbocycles. The van der Waals surface area contributed by atoms with E-state index >= 15 is 0 Å². The van der Waals surface area contributed by atoms with Crippen molar-refractivity contribution in [3.05, 3.63) is 42.5 Å². The maximum absolute atomic E-state index is 5.45. The van der Waals surface area contributed by atoms with Crippen LogP contribution in [-0.2, 0) is 15.9 Å². The summed E-state index contributed by atoms with van der Waals surface area (Å²) in [6.07, 6.45) is 6.36. The number of methoxy groups -OCH3 is 1.